The topological polar surface area (TPSA) is 210 Å². The van der Waals surface area contributed by atoms with Crippen LogP contribution in [0.4, 0.5) is 18.0 Å². The van der Waals surface area contributed by atoms with E-state index in [1.165, 1.54) is 18.3 Å². The van der Waals surface area contributed by atoms with E-state index in [0.29, 0.717) is 38.5 Å². The van der Waals surface area contributed by atoms with Crippen molar-refractivity contribution in [3.63, 3.8) is 0 Å². The molecule has 52 heavy (non-hydrogen) atoms. The quantitative estimate of drug-likeness (QED) is 0.302. The van der Waals surface area contributed by atoms with Crippen LogP contribution in [0.1, 0.15) is 70.9 Å². The molecule has 6 rings (SSSR count). The molecule has 15 nitrogen and oxygen atoms in total. The third-order valence-electron chi connectivity index (χ3n) is 10.2. The summed E-state index contributed by atoms with van der Waals surface area (Å²) in [6, 6.07) is 0.0636. The fourth-order valence-electron chi connectivity index (χ4n) is 7.15. The molecule has 2 aliphatic carbocycles. The first kappa shape index (κ1) is 37.2. The van der Waals surface area contributed by atoms with Crippen LogP contribution in [-0.2, 0) is 30.6 Å². The van der Waals surface area contributed by atoms with Gasteiger partial charge in [0.2, 0.25) is 33.4 Å². The molecule has 0 unspecified atom stereocenters. The minimum Gasteiger partial charge on any atom is -0.471 e. The van der Waals surface area contributed by atoms with Crippen LogP contribution in [0.5, 0.6) is 5.88 Å². The third-order valence-corrected chi connectivity index (χ3v) is 12.0. The number of carbonyl (C=O) groups excluding carboxylic acids is 3. The zero-order valence-corrected chi connectivity index (χ0v) is 29.2. The van der Waals surface area contributed by atoms with E-state index in [0.717, 1.165) is 4.90 Å². The number of nitrogens with zero attached hydrogens (tertiary/aromatic N) is 4. The van der Waals surface area contributed by atoms with E-state index >= 15 is 0 Å². The molecule has 4 heterocycles. The highest BCUT2D eigenvalue weighted by atomic mass is 32.2. The fourth-order valence-corrected chi connectivity index (χ4v) is 8.52. The molecule has 4 N–H and O–H groups in total. The number of fused-ring (bicyclic) bond motifs is 3. The number of pyridine rings is 1. The van der Waals surface area contributed by atoms with Gasteiger partial charge < -0.3 is 25.4 Å². The molecular weight excluding hydrogens is 711 g/mol. The lowest BCUT2D eigenvalue weighted by molar-refractivity contribution is -0.143. The number of carboxylic acid groups (broad SMARTS) is 1. The van der Waals surface area contributed by atoms with Gasteiger partial charge in [-0.2, -0.15) is 13.2 Å². The molecule has 19 heteroatoms. The molecule has 0 bridgehead atoms. The average molecular weight is 752 g/mol. The van der Waals surface area contributed by atoms with Crippen molar-refractivity contribution < 1.29 is 50.6 Å². The maximum Gasteiger partial charge on any atom is 0.438 e. The number of ether oxygens (including phenoxy) is 1. The van der Waals surface area contributed by atoms with Gasteiger partial charge in [0.05, 0.1) is 11.8 Å². The number of allylic oxidation sites excluding steroid dienone is 1. The van der Waals surface area contributed by atoms with E-state index in [4.69, 9.17) is 4.74 Å². The molecule has 3 fully saturated rings. The number of aromatic nitrogens is 3. The minimum atomic E-state index is -5.01. The fraction of sp³-hybridized carbons (Fsp3) is 0.606. The van der Waals surface area contributed by atoms with Crippen LogP contribution in [0.3, 0.4) is 0 Å². The molecule has 1 saturated heterocycles. The van der Waals surface area contributed by atoms with Gasteiger partial charge in [-0.1, -0.05) is 32.4 Å². The van der Waals surface area contributed by atoms with Gasteiger partial charge in [-0.25, -0.2) is 28.2 Å². The Bertz CT molecular complexity index is 1890. The third kappa shape index (κ3) is 7.78. The van der Waals surface area contributed by atoms with Crippen LogP contribution in [0.25, 0.3) is 11.2 Å². The van der Waals surface area contributed by atoms with Crippen molar-refractivity contribution in [2.24, 2.45) is 17.8 Å². The molecule has 2 saturated carbocycles. The van der Waals surface area contributed by atoms with Crippen molar-refractivity contribution in [2.75, 3.05) is 6.54 Å². The molecule has 4 amide bonds. The second-order valence-electron chi connectivity index (χ2n) is 14.1. The summed E-state index contributed by atoms with van der Waals surface area (Å²) in [4.78, 5) is 66.7. The Morgan fingerprint density at radius 2 is 1.92 bits per heavy atom. The number of hydrogen-bond acceptors (Lipinski definition) is 10. The summed E-state index contributed by atoms with van der Waals surface area (Å²) in [7, 11) is -4.00. The van der Waals surface area contributed by atoms with Crippen LogP contribution in [0, 0.1) is 17.8 Å². The summed E-state index contributed by atoms with van der Waals surface area (Å²) in [5.41, 5.74) is -3.43. The normalized spacial score (nSPS) is 30.6. The van der Waals surface area contributed by atoms with Crippen molar-refractivity contribution in [1.29, 1.82) is 0 Å². The van der Waals surface area contributed by atoms with Gasteiger partial charge in [0.15, 0.2) is 5.65 Å². The number of hydrogen-bond donors (Lipinski definition) is 4. The largest absolute Gasteiger partial charge is 0.471 e. The first-order chi connectivity index (χ1) is 24.5. The zero-order valence-electron chi connectivity index (χ0n) is 28.4. The van der Waals surface area contributed by atoms with Gasteiger partial charge in [0, 0.05) is 18.5 Å². The smallest absolute Gasteiger partial charge is 0.438 e. The summed E-state index contributed by atoms with van der Waals surface area (Å²) in [6.45, 7) is 3.32. The van der Waals surface area contributed by atoms with Gasteiger partial charge in [-0.3, -0.25) is 19.1 Å². The molecule has 7 atom stereocenters. The number of halogens is 3. The van der Waals surface area contributed by atoms with E-state index in [9.17, 15) is 45.9 Å². The predicted molar refractivity (Wildman–Crippen MR) is 177 cm³/mol. The maximum absolute atomic E-state index is 14.4. The highest BCUT2D eigenvalue weighted by Gasteiger charge is 2.62. The Balaban J connectivity index is 1.37. The number of amides is 4. The van der Waals surface area contributed by atoms with Crippen LogP contribution < -0.4 is 20.1 Å². The molecule has 2 aromatic rings. The Morgan fingerprint density at radius 1 is 1.17 bits per heavy atom. The first-order valence-corrected chi connectivity index (χ1v) is 18.8. The van der Waals surface area contributed by atoms with E-state index in [1.54, 1.807) is 13.0 Å². The van der Waals surface area contributed by atoms with E-state index < -0.39 is 98.9 Å². The lowest BCUT2D eigenvalue weighted by Crippen LogP contribution is -2.59. The van der Waals surface area contributed by atoms with Gasteiger partial charge in [0.25, 0.3) is 5.91 Å². The van der Waals surface area contributed by atoms with Crippen molar-refractivity contribution >= 4 is 45.0 Å². The van der Waals surface area contributed by atoms with Crippen molar-refractivity contribution in [3.8, 4) is 5.88 Å². The molecule has 2 aliphatic heterocycles. The molecule has 0 spiro atoms. The summed E-state index contributed by atoms with van der Waals surface area (Å²) in [6.07, 6.45) is -0.374. The van der Waals surface area contributed by atoms with Crippen molar-refractivity contribution in [1.82, 2.24) is 35.2 Å². The van der Waals surface area contributed by atoms with Crippen molar-refractivity contribution in [2.45, 2.75) is 100 Å². The van der Waals surface area contributed by atoms with Gasteiger partial charge >= 0.3 is 12.3 Å². The zero-order chi connectivity index (χ0) is 37.6. The molecule has 2 aromatic heterocycles. The van der Waals surface area contributed by atoms with Crippen LogP contribution >= 0.6 is 0 Å². The second kappa shape index (κ2) is 14.1. The summed E-state index contributed by atoms with van der Waals surface area (Å²) < 4.78 is 75.9. The van der Waals surface area contributed by atoms with Crippen LogP contribution in [-0.4, -0.2) is 92.7 Å². The molecule has 0 aromatic carbocycles. The Labute approximate surface area is 297 Å². The predicted octanol–water partition coefficient (Wildman–Crippen LogP) is 2.91. The van der Waals surface area contributed by atoms with Gasteiger partial charge in [-0.15, -0.1) is 0 Å². The summed E-state index contributed by atoms with van der Waals surface area (Å²) in [5.74, 6) is -4.58. The van der Waals surface area contributed by atoms with Gasteiger partial charge in [-0.05, 0) is 62.5 Å². The molecular formula is C33H40F3N7O8S. The number of rotatable bonds is 7. The van der Waals surface area contributed by atoms with E-state index in [1.807, 2.05) is 13.0 Å². The van der Waals surface area contributed by atoms with Crippen LogP contribution in [0.2, 0.25) is 0 Å². The Kier molecular flexibility index (Phi) is 10.1. The Hall–Kier alpha value is -4.55. The number of alkyl halides is 3. The molecule has 4 aliphatic rings. The van der Waals surface area contributed by atoms with E-state index in [2.05, 4.69) is 30.3 Å². The molecule has 282 valence electrons. The SMILES string of the molecule is CC[C@@H]1C[C@H](C)CC/C=C\[C@@H]2C[C@@]2(C(=O)NS(=O)(=O)C2CC2)NC(=O)[C@@H]2C[C@@H](Oc3nc4cccnc4nc3C(F)(F)F)CN2C(=O)[C@H]1NC(=O)O. The number of carbonyl (C=O) groups is 4. The maximum atomic E-state index is 14.4. The first-order valence-electron chi connectivity index (χ1n) is 17.2. The van der Waals surface area contributed by atoms with E-state index in [-0.39, 0.29) is 29.9 Å². The highest BCUT2D eigenvalue weighted by Crippen LogP contribution is 2.46. The molecule has 0 radical (unpaired) electrons. The van der Waals surface area contributed by atoms with Crippen molar-refractivity contribution in [3.05, 3.63) is 36.2 Å². The van der Waals surface area contributed by atoms with Crippen LogP contribution in [0.15, 0.2) is 30.5 Å². The lowest BCUT2D eigenvalue weighted by atomic mass is 9.85. The standard InChI is InChI=1S/C33H40F3N7O8S/c1-3-18-13-17(2)7-4-5-8-19-15-32(19,30(46)42-52(49,50)21-10-11-21)41-27(44)23-14-20(16-43(23)29(45)24(18)39-31(47)48)51-28-25(33(34,35)36)40-26-22(38-28)9-6-12-37-26/h5-6,8-9,12,17-21,23-24,39H,3-4,7,10-11,13-16H2,1-2H3,(H,41,44)(H,42,46)(H,47,48)/b8-5-/t17-,18-,19-,20-,23+,24+,32-/m1/s1. The minimum absolute atomic E-state index is 0.000253. The average Bonchev–Trinajstić information content (AvgIpc) is 4.00. The highest BCUT2D eigenvalue weighted by molar-refractivity contribution is 7.91. The monoisotopic (exact) mass is 751 g/mol. The lowest BCUT2D eigenvalue weighted by Gasteiger charge is -2.33. The second-order valence-corrected chi connectivity index (χ2v) is 16.1. The number of nitrogens with one attached hydrogen (secondary N) is 3. The van der Waals surface area contributed by atoms with Gasteiger partial charge in [0.1, 0.15) is 29.2 Å². The Morgan fingerprint density at radius 3 is 2.60 bits per heavy atom. The summed E-state index contributed by atoms with van der Waals surface area (Å²) >= 11 is 0. The summed E-state index contributed by atoms with van der Waals surface area (Å²) in [5, 5.41) is 14.0. The number of sulfonamides is 1.